The summed E-state index contributed by atoms with van der Waals surface area (Å²) in [5.74, 6) is 0.266. The van der Waals surface area contributed by atoms with Crippen LogP contribution in [0.5, 0.6) is 0 Å². The van der Waals surface area contributed by atoms with Crippen LogP contribution in [0.25, 0.3) is 0 Å². The Morgan fingerprint density at radius 2 is 1.44 bits per heavy atom. The van der Waals surface area contributed by atoms with Gasteiger partial charge >= 0.3 is 0 Å². The van der Waals surface area contributed by atoms with E-state index in [1.165, 1.54) is 0 Å². The molecule has 1 heterocycles. The van der Waals surface area contributed by atoms with Gasteiger partial charge in [0.15, 0.2) is 0 Å². The largest absolute Gasteiger partial charge is 0.340 e. The molecular formula is C21H28N2O2. The zero-order valence-electron chi connectivity index (χ0n) is 14.9. The number of amides is 2. The first-order chi connectivity index (χ1) is 12.2. The third-order valence-electron chi connectivity index (χ3n) is 6.52. The van der Waals surface area contributed by atoms with Crippen molar-refractivity contribution in [1.29, 1.82) is 0 Å². The van der Waals surface area contributed by atoms with Crippen molar-refractivity contribution in [3.05, 3.63) is 35.9 Å². The molecule has 0 radical (unpaired) electrons. The molecule has 1 aromatic rings. The first kappa shape index (κ1) is 16.6. The average Bonchev–Trinajstić information content (AvgIpc) is 2.66. The van der Waals surface area contributed by atoms with Gasteiger partial charge in [0.1, 0.15) is 11.1 Å². The molecule has 2 amide bonds. The van der Waals surface area contributed by atoms with Crippen LogP contribution >= 0.6 is 0 Å². The van der Waals surface area contributed by atoms with Crippen molar-refractivity contribution in [2.45, 2.75) is 81.8 Å². The molecule has 0 unspecified atom stereocenters. The van der Waals surface area contributed by atoms with E-state index in [1.54, 1.807) is 0 Å². The second kappa shape index (κ2) is 6.47. The molecule has 4 heteroatoms. The number of hydrogen-bond donors (Lipinski definition) is 1. The maximum Gasteiger partial charge on any atom is 0.249 e. The Hall–Kier alpha value is -1.84. The molecule has 1 aliphatic heterocycles. The number of benzene rings is 1. The van der Waals surface area contributed by atoms with Gasteiger partial charge in [0, 0.05) is 6.54 Å². The molecule has 2 aliphatic carbocycles. The lowest BCUT2D eigenvalue weighted by atomic mass is 9.71. The summed E-state index contributed by atoms with van der Waals surface area (Å²) in [7, 11) is 0. The fourth-order valence-corrected chi connectivity index (χ4v) is 5.08. The molecule has 1 N–H and O–H groups in total. The van der Waals surface area contributed by atoms with Gasteiger partial charge in [-0.3, -0.25) is 9.59 Å². The molecule has 25 heavy (non-hydrogen) atoms. The molecule has 0 aromatic heterocycles. The lowest BCUT2D eigenvalue weighted by molar-refractivity contribution is -0.168. The maximum atomic E-state index is 13.6. The van der Waals surface area contributed by atoms with Gasteiger partial charge < -0.3 is 10.2 Å². The zero-order valence-corrected chi connectivity index (χ0v) is 14.9. The second-order valence-corrected chi connectivity index (χ2v) is 8.07. The summed E-state index contributed by atoms with van der Waals surface area (Å²) in [6, 6.07) is 10.1. The molecular weight excluding hydrogens is 312 g/mol. The molecule has 2 spiro atoms. The van der Waals surface area contributed by atoms with E-state index in [-0.39, 0.29) is 11.8 Å². The van der Waals surface area contributed by atoms with Gasteiger partial charge in [-0.1, -0.05) is 68.9 Å². The molecule has 3 fully saturated rings. The number of carbonyl (C=O) groups is 2. The van der Waals surface area contributed by atoms with Crippen molar-refractivity contribution < 1.29 is 9.59 Å². The van der Waals surface area contributed by atoms with Gasteiger partial charge in [0.2, 0.25) is 11.8 Å². The second-order valence-electron chi connectivity index (χ2n) is 8.07. The van der Waals surface area contributed by atoms with Crippen molar-refractivity contribution >= 4 is 11.8 Å². The fourth-order valence-electron chi connectivity index (χ4n) is 5.08. The molecule has 2 saturated carbocycles. The monoisotopic (exact) mass is 340 g/mol. The number of piperazine rings is 1. The minimum Gasteiger partial charge on any atom is -0.340 e. The summed E-state index contributed by atoms with van der Waals surface area (Å²) in [6.07, 6.45) is 9.61. The predicted molar refractivity (Wildman–Crippen MR) is 96.8 cm³/mol. The van der Waals surface area contributed by atoms with Gasteiger partial charge in [0.05, 0.1) is 0 Å². The normalized spacial score (nSPS) is 25.2. The SMILES string of the molecule is O=C1N(Cc2ccccc2)C2(CCCCC2)C(=O)NC12CCCCC2. The Kier molecular flexibility index (Phi) is 4.30. The quantitative estimate of drug-likeness (QED) is 0.895. The molecule has 4 rings (SSSR count). The fraction of sp³-hybridized carbons (Fsp3) is 0.619. The summed E-state index contributed by atoms with van der Waals surface area (Å²) in [5, 5.41) is 3.23. The molecule has 4 nitrogen and oxygen atoms in total. The lowest BCUT2D eigenvalue weighted by Gasteiger charge is -2.55. The number of carbonyl (C=O) groups excluding carboxylic acids is 2. The minimum absolute atomic E-state index is 0.102. The van der Waals surface area contributed by atoms with Gasteiger partial charge in [-0.05, 0) is 31.2 Å². The van der Waals surface area contributed by atoms with Crippen LogP contribution in [0.4, 0.5) is 0 Å². The highest BCUT2D eigenvalue weighted by Crippen LogP contribution is 2.43. The Bertz CT molecular complexity index is 643. The zero-order chi connectivity index (χ0) is 17.3. The lowest BCUT2D eigenvalue weighted by Crippen LogP contribution is -2.76. The summed E-state index contributed by atoms with van der Waals surface area (Å²) >= 11 is 0. The number of nitrogens with zero attached hydrogens (tertiary/aromatic N) is 1. The van der Waals surface area contributed by atoms with Crippen molar-refractivity contribution in [3.8, 4) is 0 Å². The van der Waals surface area contributed by atoms with E-state index in [9.17, 15) is 9.59 Å². The van der Waals surface area contributed by atoms with Crippen molar-refractivity contribution in [2.24, 2.45) is 0 Å². The smallest absolute Gasteiger partial charge is 0.249 e. The summed E-state index contributed by atoms with van der Waals surface area (Å²) in [6.45, 7) is 0.550. The number of hydrogen-bond acceptors (Lipinski definition) is 2. The van der Waals surface area contributed by atoms with Gasteiger partial charge in [-0.25, -0.2) is 0 Å². The van der Waals surface area contributed by atoms with E-state index in [4.69, 9.17) is 0 Å². The van der Waals surface area contributed by atoms with Crippen LogP contribution in [0.1, 0.15) is 69.8 Å². The van der Waals surface area contributed by atoms with E-state index in [0.29, 0.717) is 6.54 Å². The van der Waals surface area contributed by atoms with E-state index < -0.39 is 11.1 Å². The Balaban J connectivity index is 1.71. The average molecular weight is 340 g/mol. The molecule has 1 saturated heterocycles. The van der Waals surface area contributed by atoms with E-state index in [2.05, 4.69) is 17.4 Å². The van der Waals surface area contributed by atoms with E-state index in [1.807, 2.05) is 23.1 Å². The van der Waals surface area contributed by atoms with E-state index >= 15 is 0 Å². The first-order valence-corrected chi connectivity index (χ1v) is 9.85. The van der Waals surface area contributed by atoms with Crippen molar-refractivity contribution in [1.82, 2.24) is 10.2 Å². The third kappa shape index (κ3) is 2.76. The van der Waals surface area contributed by atoms with Crippen LogP contribution in [0.15, 0.2) is 30.3 Å². The predicted octanol–water partition coefficient (Wildman–Crippen LogP) is 3.55. The Morgan fingerprint density at radius 3 is 2.08 bits per heavy atom. The van der Waals surface area contributed by atoms with Crippen molar-refractivity contribution in [2.75, 3.05) is 0 Å². The highest BCUT2D eigenvalue weighted by molar-refractivity contribution is 6.02. The van der Waals surface area contributed by atoms with Gasteiger partial charge in [-0.2, -0.15) is 0 Å². The highest BCUT2D eigenvalue weighted by Gasteiger charge is 2.58. The van der Waals surface area contributed by atoms with Gasteiger partial charge in [-0.15, -0.1) is 0 Å². The Morgan fingerprint density at radius 1 is 0.840 bits per heavy atom. The molecule has 3 aliphatic rings. The Labute approximate surface area is 150 Å². The molecule has 134 valence electrons. The first-order valence-electron chi connectivity index (χ1n) is 9.85. The molecule has 0 bridgehead atoms. The summed E-state index contributed by atoms with van der Waals surface area (Å²) in [5.41, 5.74) is -0.165. The van der Waals surface area contributed by atoms with E-state index in [0.717, 1.165) is 69.8 Å². The van der Waals surface area contributed by atoms with Crippen LogP contribution < -0.4 is 5.32 Å². The van der Waals surface area contributed by atoms with Crippen LogP contribution in [-0.4, -0.2) is 27.8 Å². The summed E-state index contributed by atoms with van der Waals surface area (Å²) in [4.78, 5) is 28.9. The minimum atomic E-state index is -0.646. The topological polar surface area (TPSA) is 49.4 Å². The van der Waals surface area contributed by atoms with Gasteiger partial charge in [0.25, 0.3) is 0 Å². The summed E-state index contributed by atoms with van der Waals surface area (Å²) < 4.78 is 0. The third-order valence-corrected chi connectivity index (χ3v) is 6.52. The highest BCUT2D eigenvalue weighted by atomic mass is 16.2. The molecule has 1 aromatic carbocycles. The van der Waals surface area contributed by atoms with Crippen LogP contribution in [0, 0.1) is 0 Å². The van der Waals surface area contributed by atoms with Crippen molar-refractivity contribution in [3.63, 3.8) is 0 Å². The van der Waals surface area contributed by atoms with Crippen LogP contribution in [-0.2, 0) is 16.1 Å². The number of rotatable bonds is 2. The number of nitrogens with one attached hydrogen (secondary N) is 1. The van der Waals surface area contributed by atoms with Crippen LogP contribution in [0.2, 0.25) is 0 Å². The maximum absolute atomic E-state index is 13.6. The molecule has 0 atom stereocenters. The van der Waals surface area contributed by atoms with Crippen LogP contribution in [0.3, 0.4) is 0 Å². The standard InChI is InChI=1S/C21H28N2O2/c24-18-21(14-8-3-9-15-21)23(16-17-10-4-1-5-11-17)19(25)20(22-18)12-6-2-7-13-20/h1,4-5,10-11H,2-3,6-9,12-16H2,(H,22,24).